The van der Waals surface area contributed by atoms with Gasteiger partial charge in [-0.1, -0.05) is 6.07 Å². The minimum absolute atomic E-state index is 0.195. The summed E-state index contributed by atoms with van der Waals surface area (Å²) >= 11 is 0. The number of nitrogens with zero attached hydrogens (tertiary/aromatic N) is 1. The van der Waals surface area contributed by atoms with E-state index in [0.29, 0.717) is 19.6 Å². The number of hydrogen-bond donors (Lipinski definition) is 3. The van der Waals surface area contributed by atoms with Crippen LogP contribution in [0.15, 0.2) is 29.3 Å². The van der Waals surface area contributed by atoms with Gasteiger partial charge in [0.1, 0.15) is 0 Å². The van der Waals surface area contributed by atoms with Gasteiger partial charge in [0.2, 0.25) is 5.96 Å². The van der Waals surface area contributed by atoms with Gasteiger partial charge in [0.15, 0.2) is 0 Å². The largest absolute Gasteiger partial charge is 0.416 e. The molecule has 0 unspecified atom stereocenters. The van der Waals surface area contributed by atoms with Crippen LogP contribution in [-0.4, -0.2) is 26.2 Å². The minimum atomic E-state index is -4.39. The van der Waals surface area contributed by atoms with E-state index in [1.807, 2.05) is 0 Å². The van der Waals surface area contributed by atoms with Crippen LogP contribution < -0.4 is 16.6 Å². The van der Waals surface area contributed by atoms with Crippen molar-refractivity contribution in [3.8, 4) is 0 Å². The highest BCUT2D eigenvalue weighted by Gasteiger charge is 2.30. The fourth-order valence-electron chi connectivity index (χ4n) is 1.43. The summed E-state index contributed by atoms with van der Waals surface area (Å²) in [7, 11) is 1.58. The second kappa shape index (κ2) is 7.71. The molecule has 0 aliphatic rings. The van der Waals surface area contributed by atoms with Gasteiger partial charge >= 0.3 is 6.18 Å². The van der Waals surface area contributed by atoms with E-state index in [1.165, 1.54) is 12.1 Å². The predicted octanol–water partition coefficient (Wildman–Crippen LogP) is 1.97. The van der Waals surface area contributed by atoms with Gasteiger partial charge in [0.25, 0.3) is 0 Å². The first-order valence-corrected chi connectivity index (χ1v) is 5.91. The predicted molar refractivity (Wildman–Crippen MR) is 71.2 cm³/mol. The molecule has 0 aliphatic carbocycles. The number of hydrogen-bond acceptors (Lipinski definition) is 3. The van der Waals surface area contributed by atoms with Gasteiger partial charge in [0.05, 0.1) is 5.56 Å². The maximum atomic E-state index is 12.6. The van der Waals surface area contributed by atoms with Gasteiger partial charge in [-0.15, -0.1) is 0 Å². The fourth-order valence-corrected chi connectivity index (χ4v) is 1.43. The number of anilines is 1. The molecule has 1 rings (SSSR count). The lowest BCUT2D eigenvalue weighted by Gasteiger charge is -2.12. The van der Waals surface area contributed by atoms with E-state index in [-0.39, 0.29) is 11.6 Å². The van der Waals surface area contributed by atoms with Crippen LogP contribution in [0.2, 0.25) is 0 Å². The summed E-state index contributed by atoms with van der Waals surface area (Å²) in [6, 6.07) is 4.79. The average Bonchev–Trinajstić information content (AvgIpc) is 2.41. The molecule has 0 saturated heterocycles. The molecule has 4 N–H and O–H groups in total. The molecule has 0 aromatic heterocycles. The SMILES string of the molecule is COCCCN=C(NN)Nc1cccc(C(F)(F)F)c1. The molecule has 0 bridgehead atoms. The van der Waals surface area contributed by atoms with Gasteiger partial charge in [-0.2, -0.15) is 13.2 Å². The van der Waals surface area contributed by atoms with E-state index in [1.54, 1.807) is 7.11 Å². The van der Waals surface area contributed by atoms with Gasteiger partial charge in [-0.25, -0.2) is 5.84 Å². The van der Waals surface area contributed by atoms with E-state index in [9.17, 15) is 13.2 Å². The molecule has 0 amide bonds. The minimum Gasteiger partial charge on any atom is -0.385 e. The molecule has 1 aromatic rings. The lowest BCUT2D eigenvalue weighted by molar-refractivity contribution is -0.137. The molecule has 20 heavy (non-hydrogen) atoms. The molecule has 0 radical (unpaired) electrons. The summed E-state index contributed by atoms with van der Waals surface area (Å²) in [5.41, 5.74) is 1.82. The molecule has 0 spiro atoms. The first kappa shape index (κ1) is 16.3. The number of aliphatic imine (C=N–C) groups is 1. The smallest absolute Gasteiger partial charge is 0.385 e. The molecule has 5 nitrogen and oxygen atoms in total. The van der Waals surface area contributed by atoms with Crippen molar-refractivity contribution in [1.82, 2.24) is 5.43 Å². The topological polar surface area (TPSA) is 71.7 Å². The van der Waals surface area contributed by atoms with Crippen molar-refractivity contribution < 1.29 is 17.9 Å². The van der Waals surface area contributed by atoms with Gasteiger partial charge in [-0.3, -0.25) is 10.4 Å². The van der Waals surface area contributed by atoms with E-state index < -0.39 is 11.7 Å². The summed E-state index contributed by atoms with van der Waals surface area (Å²) in [4.78, 5) is 4.08. The molecule has 1 aromatic carbocycles. The Kier molecular flexibility index (Phi) is 6.26. The van der Waals surface area contributed by atoms with Crippen LogP contribution in [0.5, 0.6) is 0 Å². The van der Waals surface area contributed by atoms with Crippen LogP contribution in [0.4, 0.5) is 18.9 Å². The van der Waals surface area contributed by atoms with Crippen LogP contribution in [-0.2, 0) is 10.9 Å². The number of nitrogens with two attached hydrogens (primary N) is 1. The first-order chi connectivity index (χ1) is 9.47. The highest BCUT2D eigenvalue weighted by Crippen LogP contribution is 2.30. The number of guanidine groups is 1. The molecule has 0 aliphatic heterocycles. The Morgan fingerprint density at radius 2 is 2.15 bits per heavy atom. The van der Waals surface area contributed by atoms with Crippen LogP contribution >= 0.6 is 0 Å². The molecule has 0 saturated carbocycles. The molecule has 0 atom stereocenters. The maximum absolute atomic E-state index is 12.6. The summed E-state index contributed by atoms with van der Waals surface area (Å²) in [5, 5.41) is 2.69. The van der Waals surface area contributed by atoms with E-state index in [2.05, 4.69) is 15.7 Å². The number of halogens is 3. The molecule has 8 heteroatoms. The van der Waals surface area contributed by atoms with E-state index in [0.717, 1.165) is 12.1 Å². The number of alkyl halides is 3. The van der Waals surface area contributed by atoms with Crippen molar-refractivity contribution in [1.29, 1.82) is 0 Å². The van der Waals surface area contributed by atoms with Crippen LogP contribution in [0.1, 0.15) is 12.0 Å². The zero-order valence-electron chi connectivity index (χ0n) is 11.0. The lowest BCUT2D eigenvalue weighted by Crippen LogP contribution is -2.36. The third kappa shape index (κ3) is 5.45. The van der Waals surface area contributed by atoms with Crippen molar-refractivity contribution in [2.75, 3.05) is 25.6 Å². The number of benzene rings is 1. The van der Waals surface area contributed by atoms with Gasteiger partial charge in [-0.05, 0) is 24.6 Å². The Hall–Kier alpha value is -1.80. The highest BCUT2D eigenvalue weighted by atomic mass is 19.4. The second-order valence-corrected chi connectivity index (χ2v) is 3.92. The Bertz CT molecular complexity index is 449. The van der Waals surface area contributed by atoms with Crippen molar-refractivity contribution in [2.45, 2.75) is 12.6 Å². The highest BCUT2D eigenvalue weighted by molar-refractivity contribution is 5.93. The summed E-state index contributed by atoms with van der Waals surface area (Å²) in [5.74, 6) is 5.46. The van der Waals surface area contributed by atoms with Crippen molar-refractivity contribution in [3.63, 3.8) is 0 Å². The standard InChI is InChI=1S/C12H17F3N4O/c1-20-7-3-6-17-11(19-16)18-10-5-2-4-9(8-10)12(13,14)15/h2,4-5,8H,3,6-7,16H2,1H3,(H2,17,18,19). The van der Waals surface area contributed by atoms with E-state index in [4.69, 9.17) is 10.6 Å². The Morgan fingerprint density at radius 1 is 1.40 bits per heavy atom. The van der Waals surface area contributed by atoms with Crippen molar-refractivity contribution in [3.05, 3.63) is 29.8 Å². The third-order valence-electron chi connectivity index (χ3n) is 2.37. The number of ether oxygens (including phenoxy) is 1. The number of methoxy groups -OCH3 is 1. The Labute approximate surface area is 115 Å². The zero-order valence-corrected chi connectivity index (χ0v) is 11.0. The second-order valence-electron chi connectivity index (χ2n) is 3.92. The Morgan fingerprint density at radius 3 is 2.75 bits per heavy atom. The molecule has 0 fully saturated rings. The third-order valence-corrected chi connectivity index (χ3v) is 2.37. The number of nitrogens with one attached hydrogen (secondary N) is 2. The quantitative estimate of drug-likeness (QED) is 0.255. The monoisotopic (exact) mass is 290 g/mol. The summed E-state index contributed by atoms with van der Waals surface area (Å²) < 4.78 is 42.5. The summed E-state index contributed by atoms with van der Waals surface area (Å²) in [6.45, 7) is 0.990. The molecular weight excluding hydrogens is 273 g/mol. The number of rotatable bonds is 5. The molecule has 0 heterocycles. The van der Waals surface area contributed by atoms with Crippen LogP contribution in [0.25, 0.3) is 0 Å². The van der Waals surface area contributed by atoms with E-state index >= 15 is 0 Å². The zero-order chi connectivity index (χ0) is 15.0. The summed E-state index contributed by atoms with van der Waals surface area (Å²) in [6.07, 6.45) is -3.70. The average molecular weight is 290 g/mol. The van der Waals surface area contributed by atoms with Crippen LogP contribution in [0, 0.1) is 0 Å². The van der Waals surface area contributed by atoms with Crippen LogP contribution in [0.3, 0.4) is 0 Å². The fraction of sp³-hybridized carbons (Fsp3) is 0.417. The Balaban J connectivity index is 2.70. The molecular formula is C12H17F3N4O. The van der Waals surface area contributed by atoms with Crippen molar-refractivity contribution >= 4 is 11.6 Å². The molecule has 112 valence electrons. The number of hydrazine groups is 1. The van der Waals surface area contributed by atoms with Gasteiger partial charge < -0.3 is 10.1 Å². The normalized spacial score (nSPS) is 12.3. The van der Waals surface area contributed by atoms with Gasteiger partial charge in [0, 0.05) is 25.9 Å². The lowest BCUT2D eigenvalue weighted by atomic mass is 10.2. The van der Waals surface area contributed by atoms with Crippen molar-refractivity contribution in [2.24, 2.45) is 10.8 Å². The maximum Gasteiger partial charge on any atom is 0.416 e. The first-order valence-electron chi connectivity index (χ1n) is 5.91.